The number of carbonyl (C=O) groups excluding carboxylic acids is 1. The van der Waals surface area contributed by atoms with Crippen molar-refractivity contribution in [1.82, 2.24) is 0 Å². The number of aryl methyl sites for hydroxylation is 1. The van der Waals surface area contributed by atoms with Gasteiger partial charge in [-0.25, -0.2) is 0 Å². The summed E-state index contributed by atoms with van der Waals surface area (Å²) in [7, 11) is 0. The molecule has 0 aromatic heterocycles. The summed E-state index contributed by atoms with van der Waals surface area (Å²) in [6.45, 7) is 6.47. The fourth-order valence-electron chi connectivity index (χ4n) is 2.45. The molecule has 0 fully saturated rings. The molecule has 0 unspecified atom stereocenters. The normalized spacial score (nSPS) is 10.7. The highest BCUT2D eigenvalue weighted by Gasteiger charge is 2.06. The smallest absolute Gasteiger partial charge is 0.262 e. The molecule has 0 spiro atoms. The zero-order valence-corrected chi connectivity index (χ0v) is 14.8. The van der Waals surface area contributed by atoms with Gasteiger partial charge in [0.1, 0.15) is 5.75 Å². The highest BCUT2D eigenvalue weighted by Crippen LogP contribution is 2.20. The lowest BCUT2D eigenvalue weighted by atomic mass is 10.0. The number of hydrogen-bond donors (Lipinski definition) is 1. The number of carbonyl (C=O) groups is 1. The molecule has 1 amide bonds. The van der Waals surface area contributed by atoms with Crippen molar-refractivity contribution < 1.29 is 9.53 Å². The van der Waals surface area contributed by atoms with Crippen LogP contribution in [0, 0.1) is 0 Å². The van der Waals surface area contributed by atoms with Crippen LogP contribution in [0.15, 0.2) is 48.5 Å². The van der Waals surface area contributed by atoms with Crippen molar-refractivity contribution >= 4 is 11.6 Å². The van der Waals surface area contributed by atoms with E-state index in [2.05, 4.69) is 44.3 Å². The minimum absolute atomic E-state index is 0.0130. The number of anilines is 1. The topological polar surface area (TPSA) is 38.3 Å². The summed E-state index contributed by atoms with van der Waals surface area (Å²) in [5.74, 6) is 1.02. The van der Waals surface area contributed by atoms with Gasteiger partial charge >= 0.3 is 0 Å². The van der Waals surface area contributed by atoms with Gasteiger partial charge in [-0.15, -0.1) is 0 Å². The number of rotatable bonds is 8. The highest BCUT2D eigenvalue weighted by atomic mass is 16.5. The van der Waals surface area contributed by atoms with Gasteiger partial charge in [-0.3, -0.25) is 4.79 Å². The van der Waals surface area contributed by atoms with Gasteiger partial charge in [0.2, 0.25) is 0 Å². The predicted molar refractivity (Wildman–Crippen MR) is 99.7 cm³/mol. The maximum Gasteiger partial charge on any atom is 0.262 e. The molecular weight excluding hydrogens is 298 g/mol. The molecule has 2 aromatic rings. The summed E-state index contributed by atoms with van der Waals surface area (Å²) < 4.78 is 5.60. The van der Waals surface area contributed by atoms with Gasteiger partial charge in [-0.1, -0.05) is 51.5 Å². The second kappa shape index (κ2) is 9.11. The minimum Gasteiger partial charge on any atom is -0.484 e. The first-order valence-electron chi connectivity index (χ1n) is 8.70. The lowest BCUT2D eigenvalue weighted by Crippen LogP contribution is -2.20. The molecule has 24 heavy (non-hydrogen) atoms. The van der Waals surface area contributed by atoms with Crippen molar-refractivity contribution in [3.05, 3.63) is 59.7 Å². The Morgan fingerprint density at radius 2 is 1.88 bits per heavy atom. The molecule has 2 aromatic carbocycles. The molecule has 1 N–H and O–H groups in total. The maximum atomic E-state index is 12.0. The molecule has 0 heterocycles. The lowest BCUT2D eigenvalue weighted by Gasteiger charge is -2.10. The average molecular weight is 325 g/mol. The van der Waals surface area contributed by atoms with Gasteiger partial charge in [0.05, 0.1) is 0 Å². The molecular formula is C21H27NO2. The zero-order chi connectivity index (χ0) is 17.4. The number of nitrogens with one attached hydrogen (secondary N) is 1. The van der Waals surface area contributed by atoms with Crippen molar-refractivity contribution in [2.45, 2.75) is 46.0 Å². The van der Waals surface area contributed by atoms with Crippen LogP contribution < -0.4 is 10.1 Å². The van der Waals surface area contributed by atoms with E-state index in [-0.39, 0.29) is 12.5 Å². The summed E-state index contributed by atoms with van der Waals surface area (Å²) >= 11 is 0. The second-order valence-electron chi connectivity index (χ2n) is 6.36. The van der Waals surface area contributed by atoms with Gasteiger partial charge in [-0.05, 0) is 54.2 Å². The van der Waals surface area contributed by atoms with Gasteiger partial charge < -0.3 is 10.1 Å². The molecule has 0 saturated carbocycles. The SMILES string of the molecule is CCCCc1ccc(NC(=O)COc2cccc(C(C)C)c2)cc1. The second-order valence-corrected chi connectivity index (χ2v) is 6.36. The van der Waals surface area contributed by atoms with Gasteiger partial charge in [0, 0.05) is 5.69 Å². The molecule has 3 heteroatoms. The van der Waals surface area contributed by atoms with Gasteiger partial charge in [0.15, 0.2) is 6.61 Å². The van der Waals surface area contributed by atoms with Crippen LogP contribution in [0.3, 0.4) is 0 Å². The molecule has 0 aliphatic rings. The molecule has 3 nitrogen and oxygen atoms in total. The van der Waals surface area contributed by atoms with Crippen LogP contribution in [0.1, 0.15) is 50.7 Å². The summed E-state index contributed by atoms with van der Waals surface area (Å²) in [6.07, 6.45) is 3.46. The van der Waals surface area contributed by atoms with Crippen molar-refractivity contribution in [3.8, 4) is 5.75 Å². The molecule has 0 bridgehead atoms. The number of benzene rings is 2. The Hall–Kier alpha value is -2.29. The van der Waals surface area contributed by atoms with E-state index in [1.165, 1.54) is 24.0 Å². The zero-order valence-electron chi connectivity index (χ0n) is 14.8. The van der Waals surface area contributed by atoms with E-state index in [1.807, 2.05) is 30.3 Å². The number of ether oxygens (including phenoxy) is 1. The Bertz CT molecular complexity index is 647. The Morgan fingerprint density at radius 3 is 2.54 bits per heavy atom. The van der Waals surface area contributed by atoms with E-state index < -0.39 is 0 Å². The van der Waals surface area contributed by atoms with E-state index in [1.54, 1.807) is 0 Å². The molecule has 0 saturated heterocycles. The van der Waals surface area contributed by atoms with Gasteiger partial charge in [-0.2, -0.15) is 0 Å². The third-order valence-electron chi connectivity index (χ3n) is 3.95. The van der Waals surface area contributed by atoms with Crippen LogP contribution in [-0.2, 0) is 11.2 Å². The fraction of sp³-hybridized carbons (Fsp3) is 0.381. The summed E-state index contributed by atoms with van der Waals surface area (Å²) in [5, 5.41) is 2.87. The predicted octanol–water partition coefficient (Wildman–Crippen LogP) is 5.17. The Balaban J connectivity index is 1.83. The van der Waals surface area contributed by atoms with E-state index in [0.29, 0.717) is 5.92 Å². The third kappa shape index (κ3) is 5.73. The summed E-state index contributed by atoms with van der Waals surface area (Å²) in [5.41, 5.74) is 3.31. The van der Waals surface area contributed by atoms with Crippen molar-refractivity contribution in [2.75, 3.05) is 11.9 Å². The van der Waals surface area contributed by atoms with E-state index in [0.717, 1.165) is 17.9 Å². The average Bonchev–Trinajstić information content (AvgIpc) is 2.59. The molecule has 0 radical (unpaired) electrons. The Morgan fingerprint density at radius 1 is 1.12 bits per heavy atom. The number of hydrogen-bond acceptors (Lipinski definition) is 2. The van der Waals surface area contributed by atoms with E-state index in [9.17, 15) is 4.79 Å². The Labute approximate surface area is 145 Å². The first-order chi connectivity index (χ1) is 11.6. The monoisotopic (exact) mass is 325 g/mol. The highest BCUT2D eigenvalue weighted by molar-refractivity contribution is 5.91. The van der Waals surface area contributed by atoms with Crippen molar-refractivity contribution in [3.63, 3.8) is 0 Å². The first kappa shape index (κ1) is 18.1. The van der Waals surface area contributed by atoms with Crippen LogP contribution in [0.25, 0.3) is 0 Å². The number of unbranched alkanes of at least 4 members (excludes halogenated alkanes) is 1. The van der Waals surface area contributed by atoms with Crippen molar-refractivity contribution in [1.29, 1.82) is 0 Å². The molecule has 0 atom stereocenters. The third-order valence-corrected chi connectivity index (χ3v) is 3.95. The first-order valence-corrected chi connectivity index (χ1v) is 8.70. The van der Waals surface area contributed by atoms with E-state index in [4.69, 9.17) is 4.74 Å². The molecule has 2 rings (SSSR count). The Kier molecular flexibility index (Phi) is 6.86. The molecule has 0 aliphatic carbocycles. The largest absolute Gasteiger partial charge is 0.484 e. The fourth-order valence-corrected chi connectivity index (χ4v) is 2.45. The summed E-state index contributed by atoms with van der Waals surface area (Å²) in [6, 6.07) is 15.9. The number of amides is 1. The van der Waals surface area contributed by atoms with Crippen LogP contribution in [-0.4, -0.2) is 12.5 Å². The quantitative estimate of drug-likeness (QED) is 0.727. The van der Waals surface area contributed by atoms with Crippen LogP contribution in [0.2, 0.25) is 0 Å². The standard InChI is InChI=1S/C21H27NO2/c1-4-5-7-17-10-12-19(13-11-17)22-21(23)15-24-20-9-6-8-18(14-20)16(2)3/h6,8-14,16H,4-5,7,15H2,1-3H3,(H,22,23). The molecule has 128 valence electrons. The maximum absolute atomic E-state index is 12.0. The minimum atomic E-state index is -0.147. The van der Waals surface area contributed by atoms with Crippen LogP contribution in [0.4, 0.5) is 5.69 Å². The van der Waals surface area contributed by atoms with Gasteiger partial charge in [0.25, 0.3) is 5.91 Å². The van der Waals surface area contributed by atoms with Crippen LogP contribution >= 0.6 is 0 Å². The lowest BCUT2D eigenvalue weighted by molar-refractivity contribution is -0.118. The summed E-state index contributed by atoms with van der Waals surface area (Å²) in [4.78, 5) is 12.0. The van der Waals surface area contributed by atoms with E-state index >= 15 is 0 Å². The van der Waals surface area contributed by atoms with Crippen LogP contribution in [0.5, 0.6) is 5.75 Å². The van der Waals surface area contributed by atoms with Crippen molar-refractivity contribution in [2.24, 2.45) is 0 Å². The molecule has 0 aliphatic heterocycles.